The van der Waals surface area contributed by atoms with Crippen molar-refractivity contribution in [1.29, 1.82) is 0 Å². The van der Waals surface area contributed by atoms with Crippen molar-refractivity contribution in [2.45, 2.75) is 44.7 Å². The number of benzene rings is 4. The van der Waals surface area contributed by atoms with Crippen LogP contribution in [0.5, 0.6) is 40.2 Å². The Morgan fingerprint density at radius 2 is 1.49 bits per heavy atom. The van der Waals surface area contributed by atoms with E-state index in [1.807, 2.05) is 23.1 Å². The summed E-state index contributed by atoms with van der Waals surface area (Å²) in [4.78, 5) is 17.3. The van der Waals surface area contributed by atoms with E-state index in [1.54, 1.807) is 27.2 Å². The van der Waals surface area contributed by atoms with Crippen LogP contribution in [0.1, 0.15) is 52.4 Å². The van der Waals surface area contributed by atoms with Gasteiger partial charge in [0.05, 0.1) is 20.3 Å². The minimum Gasteiger partial charge on any atom is -0.507 e. The summed E-state index contributed by atoms with van der Waals surface area (Å²) in [5.41, 5.74) is 8.12. The summed E-state index contributed by atoms with van der Waals surface area (Å²) in [5, 5.41) is 11.2. The van der Waals surface area contributed by atoms with Crippen molar-refractivity contribution < 1.29 is 28.8 Å². The molecule has 0 aliphatic carbocycles. The van der Waals surface area contributed by atoms with Crippen molar-refractivity contribution in [2.75, 3.05) is 34.4 Å². The van der Waals surface area contributed by atoms with Crippen LogP contribution in [0.4, 0.5) is 0 Å². The first-order valence-corrected chi connectivity index (χ1v) is 15.6. The van der Waals surface area contributed by atoms with Crippen LogP contribution in [0.3, 0.4) is 0 Å². The number of fused-ring (bicyclic) bond motifs is 5. The maximum atomic E-state index is 13.0. The van der Waals surface area contributed by atoms with E-state index >= 15 is 0 Å². The fourth-order valence-corrected chi connectivity index (χ4v) is 7.68. The number of nitrogens with zero attached hydrogens (tertiary/aromatic N) is 2. The molecule has 45 heavy (non-hydrogen) atoms. The highest BCUT2D eigenvalue weighted by Gasteiger charge is 2.38. The van der Waals surface area contributed by atoms with Gasteiger partial charge in [-0.2, -0.15) is 0 Å². The van der Waals surface area contributed by atoms with Gasteiger partial charge >= 0.3 is 0 Å². The lowest BCUT2D eigenvalue weighted by molar-refractivity contribution is -0.131. The predicted molar refractivity (Wildman–Crippen MR) is 170 cm³/mol. The van der Waals surface area contributed by atoms with Crippen LogP contribution in [-0.4, -0.2) is 55.2 Å². The first-order chi connectivity index (χ1) is 21.8. The van der Waals surface area contributed by atoms with Crippen molar-refractivity contribution in [3.63, 3.8) is 0 Å². The Kier molecular flexibility index (Phi) is 6.46. The van der Waals surface area contributed by atoms with E-state index in [4.69, 9.17) is 18.9 Å². The maximum absolute atomic E-state index is 13.0. The number of carbonyl (C=O) groups is 1. The molecule has 4 aromatic carbocycles. The molecule has 2 atom stereocenters. The van der Waals surface area contributed by atoms with Gasteiger partial charge in [0.2, 0.25) is 11.7 Å². The van der Waals surface area contributed by atoms with Gasteiger partial charge in [-0.15, -0.1) is 0 Å². The second-order valence-electron chi connectivity index (χ2n) is 12.5. The lowest BCUT2D eigenvalue weighted by Gasteiger charge is -2.39. The number of ether oxygens (including phenoxy) is 4. The smallest absolute Gasteiger partial charge is 0.219 e. The molecule has 0 spiro atoms. The average molecular weight is 605 g/mol. The normalized spacial score (nSPS) is 19.4. The third-order valence-corrected chi connectivity index (χ3v) is 10.0. The zero-order valence-electron chi connectivity index (χ0n) is 26.0. The molecule has 4 aromatic rings. The highest BCUT2D eigenvalue weighted by molar-refractivity contribution is 5.78. The van der Waals surface area contributed by atoms with Gasteiger partial charge in [-0.05, 0) is 103 Å². The number of phenols is 1. The van der Waals surface area contributed by atoms with Gasteiger partial charge in [-0.25, -0.2) is 0 Å². The number of likely N-dealkylation sites (N-methyl/N-ethyl adjacent to an activating group) is 1. The summed E-state index contributed by atoms with van der Waals surface area (Å²) in [6, 6.07) is 18.0. The van der Waals surface area contributed by atoms with Crippen molar-refractivity contribution in [3.05, 3.63) is 88.0 Å². The first kappa shape index (κ1) is 27.8. The van der Waals surface area contributed by atoms with Crippen molar-refractivity contribution >= 4 is 5.91 Å². The molecule has 0 unspecified atom stereocenters. The number of methoxy groups -OCH3 is 2. The van der Waals surface area contributed by atoms with Gasteiger partial charge in [0.15, 0.2) is 23.0 Å². The summed E-state index contributed by atoms with van der Waals surface area (Å²) in [7, 11) is 5.48. The SMILES string of the molecule is COc1ccc2cc1-c1cc(ccc1O)C[C@H]1c3cc4c(cc3CCN1C(C)=O)Oc1c(OC)cc3c(c1O4)[C@H](C2)N(C)CC3. The Labute approximate surface area is 262 Å². The van der Waals surface area contributed by atoms with E-state index in [2.05, 4.69) is 42.3 Å². The van der Waals surface area contributed by atoms with Crippen molar-refractivity contribution in [2.24, 2.45) is 0 Å². The largest absolute Gasteiger partial charge is 0.507 e. The molecule has 0 fully saturated rings. The van der Waals surface area contributed by atoms with Crippen LogP contribution in [0.15, 0.2) is 54.6 Å². The third-order valence-electron chi connectivity index (χ3n) is 10.0. The molecule has 4 heterocycles. The molecule has 0 saturated heterocycles. The zero-order valence-corrected chi connectivity index (χ0v) is 26.0. The van der Waals surface area contributed by atoms with Crippen molar-refractivity contribution in [3.8, 4) is 51.4 Å². The molecule has 4 aliphatic rings. The Morgan fingerprint density at radius 1 is 0.800 bits per heavy atom. The number of hydrogen-bond acceptors (Lipinski definition) is 7. The Morgan fingerprint density at radius 3 is 2.27 bits per heavy atom. The molecule has 230 valence electrons. The maximum Gasteiger partial charge on any atom is 0.219 e. The molecule has 8 rings (SSSR count). The number of rotatable bonds is 2. The monoisotopic (exact) mass is 604 g/mol. The van der Waals surface area contributed by atoms with Crippen LogP contribution in [0, 0.1) is 0 Å². The highest BCUT2D eigenvalue weighted by atomic mass is 16.6. The van der Waals surface area contributed by atoms with Gasteiger partial charge < -0.3 is 29.0 Å². The quantitative estimate of drug-likeness (QED) is 0.239. The minimum absolute atomic E-state index is 0.00576. The summed E-state index contributed by atoms with van der Waals surface area (Å²) >= 11 is 0. The topological polar surface area (TPSA) is 80.7 Å². The Hall–Kier alpha value is -4.69. The van der Waals surface area contributed by atoms with E-state index in [-0.39, 0.29) is 23.7 Å². The standard InChI is InChI=1S/C37H36N2O6/c1-20(40)39-12-10-23-17-32-33-19-25(23)28(39)15-21-5-7-30(41)26(13-21)27-14-22(6-8-31(27)42-3)16-29-35-24(9-11-38(29)2)18-34(43-4)36(44-32)37(35)45-33/h5-8,13-14,17-19,28-29,41H,9-12,15-16H2,1-4H3/t28-,29-/m0/s1. The molecule has 0 saturated carbocycles. The third kappa shape index (κ3) is 4.42. The number of carbonyl (C=O) groups excluding carboxylic acids is 1. The van der Waals surface area contributed by atoms with E-state index in [9.17, 15) is 9.90 Å². The molecule has 0 radical (unpaired) electrons. The van der Waals surface area contributed by atoms with E-state index in [1.165, 1.54) is 5.56 Å². The summed E-state index contributed by atoms with van der Waals surface area (Å²) in [6.45, 7) is 3.12. The average Bonchev–Trinajstić information content (AvgIpc) is 3.04. The lowest BCUT2D eigenvalue weighted by Crippen LogP contribution is -2.39. The first-order valence-electron chi connectivity index (χ1n) is 15.6. The Bertz CT molecular complexity index is 1880. The predicted octanol–water partition coefficient (Wildman–Crippen LogP) is 6.75. The second-order valence-corrected chi connectivity index (χ2v) is 12.5. The number of amides is 1. The van der Waals surface area contributed by atoms with Crippen LogP contribution in [-0.2, 0) is 30.5 Å². The molecular formula is C37H36N2O6. The lowest BCUT2D eigenvalue weighted by atomic mass is 9.85. The fourth-order valence-electron chi connectivity index (χ4n) is 7.68. The van der Waals surface area contributed by atoms with Crippen LogP contribution in [0.2, 0.25) is 0 Å². The van der Waals surface area contributed by atoms with Gasteiger partial charge in [-0.1, -0.05) is 12.1 Å². The molecular weight excluding hydrogens is 568 g/mol. The van der Waals surface area contributed by atoms with Crippen molar-refractivity contribution in [1.82, 2.24) is 9.80 Å². The zero-order chi connectivity index (χ0) is 31.0. The summed E-state index contributed by atoms with van der Waals surface area (Å²) in [6.07, 6.45) is 2.87. The van der Waals surface area contributed by atoms with Gasteiger partial charge in [0, 0.05) is 42.7 Å². The summed E-state index contributed by atoms with van der Waals surface area (Å²) < 4.78 is 25.2. The van der Waals surface area contributed by atoms with E-state index < -0.39 is 0 Å². The van der Waals surface area contributed by atoms with Crippen LogP contribution < -0.4 is 18.9 Å². The summed E-state index contributed by atoms with van der Waals surface area (Å²) in [5.74, 6) is 4.14. The molecule has 1 N–H and O–H groups in total. The molecule has 1 amide bonds. The number of hydrogen-bond donors (Lipinski definition) is 1. The highest BCUT2D eigenvalue weighted by Crippen LogP contribution is 2.57. The second kappa shape index (κ2) is 10.4. The van der Waals surface area contributed by atoms with E-state index in [0.717, 1.165) is 52.8 Å². The molecule has 0 aromatic heterocycles. The number of phenolic OH excluding ortho intramolecular Hbond substituents is 1. The van der Waals surface area contributed by atoms with Gasteiger partial charge in [0.25, 0.3) is 0 Å². The molecule has 4 aliphatic heterocycles. The molecule has 8 heteroatoms. The minimum atomic E-state index is -0.210. The van der Waals surface area contributed by atoms with Gasteiger partial charge in [0.1, 0.15) is 11.5 Å². The van der Waals surface area contributed by atoms with E-state index in [0.29, 0.717) is 59.4 Å². The molecule has 7 bridgehead atoms. The Balaban J connectivity index is 1.40. The number of aromatic hydroxyl groups is 1. The van der Waals surface area contributed by atoms with Crippen LogP contribution in [0.25, 0.3) is 11.1 Å². The molecule has 8 nitrogen and oxygen atoms in total. The van der Waals surface area contributed by atoms with Crippen LogP contribution >= 0.6 is 0 Å². The van der Waals surface area contributed by atoms with Gasteiger partial charge in [-0.3, -0.25) is 9.69 Å². The fraction of sp³-hybridized carbons (Fsp3) is 0.324.